The van der Waals surface area contributed by atoms with Crippen molar-refractivity contribution in [1.29, 1.82) is 0 Å². The molecule has 252 valence electrons. The Bertz CT molecular complexity index is 2590. The summed E-state index contributed by atoms with van der Waals surface area (Å²) in [5, 5.41) is 5.70. The van der Waals surface area contributed by atoms with E-state index in [4.69, 9.17) is 0 Å². The van der Waals surface area contributed by atoms with Gasteiger partial charge < -0.3 is 4.90 Å². The first-order valence-corrected chi connectivity index (χ1v) is 20.6. The van der Waals surface area contributed by atoms with Crippen LogP contribution in [-0.4, -0.2) is 8.07 Å². The van der Waals surface area contributed by atoms with Crippen LogP contribution in [0.1, 0.15) is 25.0 Å². The highest BCUT2D eigenvalue weighted by Gasteiger charge is 2.49. The van der Waals surface area contributed by atoms with Gasteiger partial charge in [-0.3, -0.25) is 0 Å². The van der Waals surface area contributed by atoms with Crippen LogP contribution in [0.4, 0.5) is 17.1 Å². The highest BCUT2D eigenvalue weighted by molar-refractivity contribution is 7.22. The molecule has 2 aliphatic rings. The molecule has 2 heteroatoms. The van der Waals surface area contributed by atoms with Crippen molar-refractivity contribution < 1.29 is 0 Å². The van der Waals surface area contributed by atoms with Gasteiger partial charge >= 0.3 is 0 Å². The smallest absolute Gasteiger partial charge is 0.180 e. The van der Waals surface area contributed by atoms with Crippen molar-refractivity contribution >= 4 is 45.9 Å². The minimum atomic E-state index is -2.67. The summed E-state index contributed by atoms with van der Waals surface area (Å²) in [6.07, 6.45) is 0. The maximum Gasteiger partial charge on any atom is 0.180 e. The van der Waals surface area contributed by atoms with E-state index in [0.29, 0.717) is 0 Å². The molecule has 1 heterocycles. The number of nitrogens with zero attached hydrogens (tertiary/aromatic N) is 1. The first-order chi connectivity index (χ1) is 26.1. The minimum absolute atomic E-state index is 0.112. The van der Waals surface area contributed by atoms with Gasteiger partial charge in [-0.25, -0.2) is 0 Å². The summed E-state index contributed by atoms with van der Waals surface area (Å²) in [5.41, 5.74) is 13.9. The molecule has 0 N–H and O–H groups in total. The van der Waals surface area contributed by atoms with Gasteiger partial charge in [-0.15, -0.1) is 0 Å². The Morgan fingerprint density at radius 1 is 0.396 bits per heavy atom. The van der Waals surface area contributed by atoms with Gasteiger partial charge in [0.2, 0.25) is 0 Å². The van der Waals surface area contributed by atoms with Gasteiger partial charge in [-0.2, -0.15) is 0 Å². The molecule has 0 radical (unpaired) electrons. The van der Waals surface area contributed by atoms with E-state index in [1.165, 1.54) is 76.6 Å². The third-order valence-electron chi connectivity index (χ3n) is 11.8. The molecule has 0 aromatic heterocycles. The fraction of sp³-hybridized carbons (Fsp3) is 0.0588. The summed E-state index contributed by atoms with van der Waals surface area (Å²) in [6, 6.07) is 74.7. The fourth-order valence-corrected chi connectivity index (χ4v) is 14.5. The van der Waals surface area contributed by atoms with Crippen molar-refractivity contribution in [2.75, 3.05) is 4.90 Å². The molecule has 10 rings (SSSR count). The summed E-state index contributed by atoms with van der Waals surface area (Å²) in [5.74, 6) is 0. The Hall–Kier alpha value is -6.22. The number of benzene rings is 8. The topological polar surface area (TPSA) is 3.24 Å². The lowest BCUT2D eigenvalue weighted by Gasteiger charge is -2.32. The Labute approximate surface area is 313 Å². The van der Waals surface area contributed by atoms with Crippen LogP contribution in [0.3, 0.4) is 0 Å². The zero-order chi connectivity index (χ0) is 35.6. The van der Waals surface area contributed by atoms with Crippen LogP contribution >= 0.6 is 0 Å². The molecule has 1 nitrogen and oxygen atoms in total. The van der Waals surface area contributed by atoms with E-state index in [-0.39, 0.29) is 5.41 Å². The zero-order valence-electron chi connectivity index (χ0n) is 30.0. The van der Waals surface area contributed by atoms with Crippen molar-refractivity contribution in [3.63, 3.8) is 0 Å². The number of rotatable bonds is 6. The molecule has 8 aromatic carbocycles. The Balaban J connectivity index is 1.25. The van der Waals surface area contributed by atoms with Gasteiger partial charge in [-0.05, 0) is 90.0 Å². The molecule has 1 aliphatic carbocycles. The van der Waals surface area contributed by atoms with Gasteiger partial charge in [0.05, 0.1) is 5.69 Å². The average molecular weight is 694 g/mol. The second kappa shape index (κ2) is 12.2. The fourth-order valence-electron chi connectivity index (χ4n) is 9.35. The predicted octanol–water partition coefficient (Wildman–Crippen LogP) is 10.5. The van der Waals surface area contributed by atoms with Gasteiger partial charge in [0.15, 0.2) is 8.07 Å². The monoisotopic (exact) mass is 693 g/mol. The number of hydrogen-bond donors (Lipinski definition) is 0. The first kappa shape index (κ1) is 31.5. The second-order valence-electron chi connectivity index (χ2n) is 14.9. The Kier molecular flexibility index (Phi) is 7.25. The van der Waals surface area contributed by atoms with E-state index in [1.807, 2.05) is 0 Å². The molecule has 8 aromatic rings. The van der Waals surface area contributed by atoms with Gasteiger partial charge in [0.1, 0.15) is 0 Å². The molecule has 0 unspecified atom stereocenters. The molecule has 0 amide bonds. The van der Waals surface area contributed by atoms with Crippen LogP contribution in [0.2, 0.25) is 0 Å². The lowest BCUT2D eigenvalue weighted by atomic mass is 9.82. The molecule has 0 saturated carbocycles. The summed E-state index contributed by atoms with van der Waals surface area (Å²) < 4.78 is 0. The van der Waals surface area contributed by atoms with Gasteiger partial charge in [-0.1, -0.05) is 184 Å². The summed E-state index contributed by atoms with van der Waals surface area (Å²) >= 11 is 0. The van der Waals surface area contributed by atoms with E-state index in [0.717, 1.165) is 5.69 Å². The summed E-state index contributed by atoms with van der Waals surface area (Å²) in [6.45, 7) is 4.74. The Morgan fingerprint density at radius 3 is 1.62 bits per heavy atom. The molecular weight excluding hydrogens is 655 g/mol. The molecule has 0 saturated heterocycles. The van der Waals surface area contributed by atoms with Crippen molar-refractivity contribution in [3.8, 4) is 33.4 Å². The average Bonchev–Trinajstić information content (AvgIpc) is 3.66. The van der Waals surface area contributed by atoms with Crippen LogP contribution in [-0.2, 0) is 5.41 Å². The lowest BCUT2D eigenvalue weighted by molar-refractivity contribution is 0.660. The van der Waals surface area contributed by atoms with Crippen molar-refractivity contribution in [2.45, 2.75) is 19.3 Å². The molecule has 1 aliphatic heterocycles. The van der Waals surface area contributed by atoms with Crippen LogP contribution in [0, 0.1) is 0 Å². The van der Waals surface area contributed by atoms with Crippen LogP contribution < -0.4 is 25.6 Å². The standard InChI is InChI=1S/C51H39NSi/c1-51(2)45-25-14-12-23-42(45)43-34-33-39(35-46(43)51)52(38-31-29-37(30-32-38)36-17-6-3-7-18-36)47-26-16-28-49-50(47)44-24-13-15-27-48(44)53(49,40-19-8-4-9-20-40)41-21-10-5-11-22-41/h3-35H,1-2H3. The Morgan fingerprint density at radius 2 is 0.925 bits per heavy atom. The highest BCUT2D eigenvalue weighted by atomic mass is 28.3. The van der Waals surface area contributed by atoms with Crippen molar-refractivity contribution in [1.82, 2.24) is 0 Å². The van der Waals surface area contributed by atoms with E-state index in [1.54, 1.807) is 0 Å². The van der Waals surface area contributed by atoms with Crippen LogP contribution in [0.25, 0.3) is 33.4 Å². The lowest BCUT2D eigenvalue weighted by Crippen LogP contribution is -2.72. The van der Waals surface area contributed by atoms with E-state index in [2.05, 4.69) is 219 Å². The quantitative estimate of drug-likeness (QED) is 0.157. The minimum Gasteiger partial charge on any atom is -0.310 e. The van der Waals surface area contributed by atoms with E-state index in [9.17, 15) is 0 Å². The summed E-state index contributed by atoms with van der Waals surface area (Å²) in [4.78, 5) is 2.52. The SMILES string of the molecule is CC1(C)c2ccccc2-c2ccc(N(c3ccc(-c4ccccc4)cc3)c3cccc4c3-c3ccccc3[Si]4(c3ccccc3)c3ccccc3)cc21. The number of fused-ring (bicyclic) bond motifs is 6. The van der Waals surface area contributed by atoms with Crippen molar-refractivity contribution in [3.05, 3.63) is 211 Å². The normalized spacial score (nSPS) is 14.2. The van der Waals surface area contributed by atoms with Crippen LogP contribution in [0.15, 0.2) is 200 Å². The molecular formula is C51H39NSi. The molecule has 0 fully saturated rings. The predicted molar refractivity (Wildman–Crippen MR) is 227 cm³/mol. The van der Waals surface area contributed by atoms with E-state index < -0.39 is 8.07 Å². The molecule has 0 spiro atoms. The van der Waals surface area contributed by atoms with Gasteiger partial charge in [0, 0.05) is 22.4 Å². The molecule has 53 heavy (non-hydrogen) atoms. The summed E-state index contributed by atoms with van der Waals surface area (Å²) in [7, 11) is -2.67. The third-order valence-corrected chi connectivity index (χ3v) is 16.6. The van der Waals surface area contributed by atoms with Gasteiger partial charge in [0.25, 0.3) is 0 Å². The maximum absolute atomic E-state index is 2.67. The first-order valence-electron chi connectivity index (χ1n) is 18.6. The van der Waals surface area contributed by atoms with Crippen LogP contribution in [0.5, 0.6) is 0 Å². The number of hydrogen-bond acceptors (Lipinski definition) is 1. The maximum atomic E-state index is 2.52. The third kappa shape index (κ3) is 4.69. The second-order valence-corrected chi connectivity index (χ2v) is 18.6. The largest absolute Gasteiger partial charge is 0.310 e. The molecule has 0 atom stereocenters. The highest BCUT2D eigenvalue weighted by Crippen LogP contribution is 2.51. The zero-order valence-corrected chi connectivity index (χ0v) is 31.0. The molecule has 0 bridgehead atoms. The van der Waals surface area contributed by atoms with Crippen molar-refractivity contribution in [2.24, 2.45) is 0 Å². The number of anilines is 3. The van der Waals surface area contributed by atoms with E-state index >= 15 is 0 Å².